The first-order valence-corrected chi connectivity index (χ1v) is 10.6. The first-order chi connectivity index (χ1) is 15.1. The molecule has 0 bridgehead atoms. The quantitative estimate of drug-likeness (QED) is 0.449. The number of nitrogens with zero attached hydrogens (tertiary/aromatic N) is 3. The molecule has 0 saturated carbocycles. The van der Waals surface area contributed by atoms with Gasteiger partial charge < -0.3 is 14.0 Å². The van der Waals surface area contributed by atoms with E-state index in [4.69, 9.17) is 14.5 Å². The summed E-state index contributed by atoms with van der Waals surface area (Å²) in [5, 5.41) is 3.40. The number of ether oxygens (including phenoxy) is 2. The molecular formula is C23H22N4O3S. The van der Waals surface area contributed by atoms with Gasteiger partial charge in [-0.3, -0.25) is 10.1 Å². The molecule has 2 aromatic carbocycles. The third kappa shape index (κ3) is 4.29. The SMILES string of the molecule is CCOc1ccc(C(=O)Nc2nc(-c3ccccc3)c(-c3nccn3C)s2)cc1OC. The van der Waals surface area contributed by atoms with Crippen LogP contribution in [0.25, 0.3) is 22.0 Å². The number of nitrogens with one attached hydrogen (secondary N) is 1. The summed E-state index contributed by atoms with van der Waals surface area (Å²) in [6.45, 7) is 2.41. The van der Waals surface area contributed by atoms with Crippen molar-refractivity contribution < 1.29 is 14.3 Å². The van der Waals surface area contributed by atoms with Crippen molar-refractivity contribution in [3.05, 3.63) is 66.5 Å². The van der Waals surface area contributed by atoms with Gasteiger partial charge >= 0.3 is 0 Å². The summed E-state index contributed by atoms with van der Waals surface area (Å²) >= 11 is 1.39. The number of thiazole rings is 1. The molecule has 31 heavy (non-hydrogen) atoms. The molecule has 0 spiro atoms. The van der Waals surface area contributed by atoms with E-state index in [0.717, 1.165) is 22.0 Å². The van der Waals surface area contributed by atoms with E-state index >= 15 is 0 Å². The number of hydrogen-bond donors (Lipinski definition) is 1. The van der Waals surface area contributed by atoms with Crippen molar-refractivity contribution in [2.75, 3.05) is 19.0 Å². The van der Waals surface area contributed by atoms with Crippen molar-refractivity contribution in [3.63, 3.8) is 0 Å². The van der Waals surface area contributed by atoms with Gasteiger partial charge in [-0.2, -0.15) is 0 Å². The number of imidazole rings is 1. The Labute approximate surface area is 184 Å². The molecular weight excluding hydrogens is 412 g/mol. The molecule has 0 saturated heterocycles. The summed E-state index contributed by atoms with van der Waals surface area (Å²) in [4.78, 5) is 23.0. The highest BCUT2D eigenvalue weighted by Crippen LogP contribution is 2.38. The van der Waals surface area contributed by atoms with E-state index < -0.39 is 0 Å². The molecule has 0 aliphatic heterocycles. The summed E-state index contributed by atoms with van der Waals surface area (Å²) in [5.74, 6) is 1.62. The molecule has 7 nitrogen and oxygen atoms in total. The average molecular weight is 435 g/mol. The summed E-state index contributed by atoms with van der Waals surface area (Å²) in [7, 11) is 3.48. The van der Waals surface area contributed by atoms with Crippen LogP contribution in [0.1, 0.15) is 17.3 Å². The molecule has 8 heteroatoms. The molecule has 0 unspecified atom stereocenters. The van der Waals surface area contributed by atoms with Crippen molar-refractivity contribution in [2.45, 2.75) is 6.92 Å². The van der Waals surface area contributed by atoms with Gasteiger partial charge in [-0.1, -0.05) is 41.7 Å². The van der Waals surface area contributed by atoms with Crippen molar-refractivity contribution in [1.29, 1.82) is 0 Å². The van der Waals surface area contributed by atoms with Crippen LogP contribution >= 0.6 is 11.3 Å². The number of amides is 1. The highest BCUT2D eigenvalue weighted by Gasteiger charge is 2.20. The van der Waals surface area contributed by atoms with Gasteiger partial charge in [0.1, 0.15) is 0 Å². The third-order valence-corrected chi connectivity index (χ3v) is 5.61. The number of anilines is 1. The predicted octanol–water partition coefficient (Wildman–Crippen LogP) is 4.87. The third-order valence-electron chi connectivity index (χ3n) is 4.64. The summed E-state index contributed by atoms with van der Waals surface area (Å²) in [6.07, 6.45) is 3.63. The fourth-order valence-corrected chi connectivity index (χ4v) is 4.18. The number of rotatable bonds is 7. The van der Waals surface area contributed by atoms with Crippen LogP contribution in [0.3, 0.4) is 0 Å². The molecule has 0 atom stereocenters. The normalized spacial score (nSPS) is 10.7. The van der Waals surface area contributed by atoms with Gasteiger partial charge in [0.05, 0.1) is 24.3 Å². The highest BCUT2D eigenvalue weighted by molar-refractivity contribution is 7.19. The van der Waals surface area contributed by atoms with Crippen LogP contribution in [0.4, 0.5) is 5.13 Å². The topological polar surface area (TPSA) is 78.3 Å². The molecule has 0 fully saturated rings. The van der Waals surface area contributed by atoms with Gasteiger partial charge in [0.25, 0.3) is 5.91 Å². The molecule has 4 aromatic rings. The van der Waals surface area contributed by atoms with Crippen molar-refractivity contribution in [3.8, 4) is 33.5 Å². The number of carbonyl (C=O) groups excluding carboxylic acids is 1. The second-order valence-electron chi connectivity index (χ2n) is 6.68. The van der Waals surface area contributed by atoms with Crippen molar-refractivity contribution >= 4 is 22.4 Å². The summed E-state index contributed by atoms with van der Waals surface area (Å²) < 4.78 is 12.8. The molecule has 158 valence electrons. The van der Waals surface area contributed by atoms with Crippen LogP contribution in [0.2, 0.25) is 0 Å². The fourth-order valence-electron chi connectivity index (χ4n) is 3.15. The zero-order valence-electron chi connectivity index (χ0n) is 17.5. The second kappa shape index (κ2) is 9.01. The Morgan fingerprint density at radius 2 is 1.97 bits per heavy atom. The Bertz CT molecular complexity index is 1200. The molecule has 1 N–H and O–H groups in total. The number of methoxy groups -OCH3 is 1. The van der Waals surface area contributed by atoms with Crippen molar-refractivity contribution in [2.24, 2.45) is 7.05 Å². The Morgan fingerprint density at radius 1 is 1.16 bits per heavy atom. The van der Waals surface area contributed by atoms with Gasteiger partial charge in [0.2, 0.25) is 0 Å². The van der Waals surface area contributed by atoms with Crippen LogP contribution in [-0.4, -0.2) is 34.2 Å². The monoisotopic (exact) mass is 434 g/mol. The molecule has 1 amide bonds. The van der Waals surface area contributed by atoms with E-state index in [-0.39, 0.29) is 5.91 Å². The first kappa shape index (κ1) is 20.6. The smallest absolute Gasteiger partial charge is 0.257 e. The lowest BCUT2D eigenvalue weighted by Crippen LogP contribution is -2.12. The van der Waals surface area contributed by atoms with Gasteiger partial charge in [-0.25, -0.2) is 9.97 Å². The zero-order chi connectivity index (χ0) is 21.8. The Kier molecular flexibility index (Phi) is 5.99. The van der Waals surface area contributed by atoms with Crippen LogP contribution in [0.5, 0.6) is 11.5 Å². The molecule has 2 heterocycles. The van der Waals surface area contributed by atoms with E-state index in [2.05, 4.69) is 10.3 Å². The minimum absolute atomic E-state index is 0.277. The van der Waals surface area contributed by atoms with Gasteiger partial charge in [0.15, 0.2) is 22.5 Å². The fraction of sp³-hybridized carbons (Fsp3) is 0.174. The van der Waals surface area contributed by atoms with Crippen LogP contribution in [-0.2, 0) is 7.05 Å². The molecule has 0 aliphatic rings. The lowest BCUT2D eigenvalue weighted by Gasteiger charge is -2.10. The predicted molar refractivity (Wildman–Crippen MR) is 122 cm³/mol. The molecule has 0 radical (unpaired) electrons. The number of benzene rings is 2. The number of aryl methyl sites for hydroxylation is 1. The van der Waals surface area contributed by atoms with Gasteiger partial charge in [-0.05, 0) is 25.1 Å². The largest absolute Gasteiger partial charge is 0.493 e. The van der Waals surface area contributed by atoms with Crippen LogP contribution < -0.4 is 14.8 Å². The Morgan fingerprint density at radius 3 is 2.65 bits per heavy atom. The minimum Gasteiger partial charge on any atom is -0.493 e. The molecule has 4 rings (SSSR count). The van der Waals surface area contributed by atoms with Crippen LogP contribution in [0, 0.1) is 0 Å². The molecule has 0 aliphatic carbocycles. The van der Waals surface area contributed by atoms with Gasteiger partial charge in [0, 0.05) is 30.6 Å². The van der Waals surface area contributed by atoms with E-state index in [1.165, 1.54) is 11.3 Å². The van der Waals surface area contributed by atoms with Gasteiger partial charge in [-0.15, -0.1) is 0 Å². The number of carbonyl (C=O) groups is 1. The number of hydrogen-bond acceptors (Lipinski definition) is 6. The maximum atomic E-state index is 12.9. The maximum Gasteiger partial charge on any atom is 0.257 e. The first-order valence-electron chi connectivity index (χ1n) is 9.76. The second-order valence-corrected chi connectivity index (χ2v) is 7.68. The summed E-state index contributed by atoms with van der Waals surface area (Å²) in [5.41, 5.74) is 2.19. The Balaban J connectivity index is 1.67. The lowest BCUT2D eigenvalue weighted by molar-refractivity contribution is 0.102. The summed E-state index contributed by atoms with van der Waals surface area (Å²) in [6, 6.07) is 14.9. The highest BCUT2D eigenvalue weighted by atomic mass is 32.1. The van der Waals surface area contributed by atoms with E-state index in [0.29, 0.717) is 28.8 Å². The zero-order valence-corrected chi connectivity index (χ0v) is 18.3. The standard InChI is InChI=1S/C23H22N4O3S/c1-4-30-17-11-10-16(14-18(17)29-3)22(28)26-23-25-19(15-8-6-5-7-9-15)20(31-23)21-24-12-13-27(21)2/h5-14H,4H2,1-3H3,(H,25,26,28). The van der Waals surface area contributed by atoms with E-state index in [1.807, 2.05) is 55.1 Å². The lowest BCUT2D eigenvalue weighted by atomic mass is 10.1. The van der Waals surface area contributed by atoms with Crippen molar-refractivity contribution in [1.82, 2.24) is 14.5 Å². The number of aromatic nitrogens is 3. The Hall–Kier alpha value is -3.65. The van der Waals surface area contributed by atoms with Crippen LogP contribution in [0.15, 0.2) is 60.9 Å². The maximum absolute atomic E-state index is 12.9. The molecule has 2 aromatic heterocycles. The van der Waals surface area contributed by atoms with E-state index in [1.54, 1.807) is 31.5 Å². The van der Waals surface area contributed by atoms with E-state index in [9.17, 15) is 4.79 Å². The minimum atomic E-state index is -0.277. The average Bonchev–Trinajstić information content (AvgIpc) is 3.40.